The molecule has 4 rings (SSSR count). The highest BCUT2D eigenvalue weighted by atomic mass is 16.5. The molecule has 168 valence electrons. The Labute approximate surface area is 188 Å². The lowest BCUT2D eigenvalue weighted by molar-refractivity contribution is -0.122. The van der Waals surface area contributed by atoms with Crippen molar-refractivity contribution < 1.29 is 14.3 Å². The second-order valence-corrected chi connectivity index (χ2v) is 8.08. The number of benzene rings is 2. The Bertz CT molecular complexity index is 1040. The van der Waals surface area contributed by atoms with Crippen LogP contribution in [0.25, 0.3) is 10.9 Å². The molecular formula is C25H30N4O3. The molecule has 1 saturated heterocycles. The maximum Gasteiger partial charge on any atom is 0.234 e. The Kier molecular flexibility index (Phi) is 7.32. The fourth-order valence-corrected chi connectivity index (χ4v) is 4.32. The van der Waals surface area contributed by atoms with Crippen molar-refractivity contribution in [3.8, 4) is 0 Å². The molecule has 1 aliphatic rings. The van der Waals surface area contributed by atoms with Gasteiger partial charge in [-0.1, -0.05) is 48.5 Å². The quantitative estimate of drug-likeness (QED) is 0.400. The van der Waals surface area contributed by atoms with Gasteiger partial charge in [-0.3, -0.25) is 19.4 Å². The number of aromatic amines is 1. The van der Waals surface area contributed by atoms with Crippen molar-refractivity contribution in [2.75, 3.05) is 53.0 Å². The van der Waals surface area contributed by atoms with Crippen molar-refractivity contribution in [2.24, 2.45) is 0 Å². The molecule has 3 aromatic rings. The van der Waals surface area contributed by atoms with E-state index in [1.54, 1.807) is 7.11 Å². The molecule has 2 heterocycles. The molecule has 32 heavy (non-hydrogen) atoms. The number of Topliss-reactive ketones (excluding diaryl/α,β-unsaturated/α-hetero) is 1. The van der Waals surface area contributed by atoms with Crippen LogP contribution in [0.1, 0.15) is 22.0 Å². The van der Waals surface area contributed by atoms with Crippen molar-refractivity contribution >= 4 is 22.6 Å². The first-order valence-electron chi connectivity index (χ1n) is 11.0. The Balaban J connectivity index is 1.48. The minimum atomic E-state index is -0.354. The number of amides is 1. The van der Waals surface area contributed by atoms with Gasteiger partial charge in [0, 0.05) is 62.5 Å². The van der Waals surface area contributed by atoms with Crippen molar-refractivity contribution in [1.29, 1.82) is 0 Å². The highest BCUT2D eigenvalue weighted by Gasteiger charge is 2.32. The predicted molar refractivity (Wildman–Crippen MR) is 125 cm³/mol. The standard InChI is InChI=1S/C25H30N4O3/c1-32-16-11-26-23(30)18-28-12-14-29(15-13-28)24(19-7-3-2-4-8-19)25(31)21-17-27-22-10-6-5-9-20(21)22/h2-10,17,24,27H,11-16,18H2,1H3,(H,26,30)/t24-/m0/s1. The Morgan fingerprint density at radius 1 is 1.03 bits per heavy atom. The number of carbonyl (C=O) groups is 2. The summed E-state index contributed by atoms with van der Waals surface area (Å²) in [5.74, 6) is 0.101. The lowest BCUT2D eigenvalue weighted by atomic mass is 9.95. The number of methoxy groups -OCH3 is 1. The van der Waals surface area contributed by atoms with Gasteiger partial charge in [-0.05, 0) is 11.6 Å². The molecule has 2 aromatic carbocycles. The second-order valence-electron chi connectivity index (χ2n) is 8.08. The summed E-state index contributed by atoms with van der Waals surface area (Å²) in [6.07, 6.45) is 1.82. The van der Waals surface area contributed by atoms with Crippen molar-refractivity contribution in [2.45, 2.75) is 6.04 Å². The number of aromatic nitrogens is 1. The van der Waals surface area contributed by atoms with Crippen LogP contribution in [-0.4, -0.2) is 79.5 Å². The molecule has 1 atom stereocenters. The molecule has 0 saturated carbocycles. The van der Waals surface area contributed by atoms with E-state index in [2.05, 4.69) is 20.1 Å². The number of para-hydroxylation sites is 1. The van der Waals surface area contributed by atoms with Gasteiger partial charge in [-0.2, -0.15) is 0 Å². The summed E-state index contributed by atoms with van der Waals surface area (Å²) in [4.78, 5) is 33.5. The largest absolute Gasteiger partial charge is 0.383 e. The zero-order valence-electron chi connectivity index (χ0n) is 18.4. The fourth-order valence-electron chi connectivity index (χ4n) is 4.32. The molecular weight excluding hydrogens is 404 g/mol. The van der Waals surface area contributed by atoms with Crippen LogP contribution in [-0.2, 0) is 9.53 Å². The Morgan fingerprint density at radius 3 is 2.50 bits per heavy atom. The molecule has 0 unspecified atom stereocenters. The van der Waals surface area contributed by atoms with Crippen LogP contribution in [0.3, 0.4) is 0 Å². The third kappa shape index (κ3) is 5.07. The minimum absolute atomic E-state index is 0.00461. The van der Waals surface area contributed by atoms with Crippen LogP contribution < -0.4 is 5.32 Å². The number of nitrogens with one attached hydrogen (secondary N) is 2. The average molecular weight is 435 g/mol. The summed E-state index contributed by atoms with van der Waals surface area (Å²) in [6, 6.07) is 17.5. The Hall–Kier alpha value is -3.00. The molecule has 1 aromatic heterocycles. The first kappa shape index (κ1) is 22.2. The smallest absolute Gasteiger partial charge is 0.234 e. The molecule has 2 N–H and O–H groups in total. The molecule has 1 aliphatic heterocycles. The summed E-state index contributed by atoms with van der Waals surface area (Å²) in [5, 5.41) is 3.82. The van der Waals surface area contributed by atoms with Crippen LogP contribution in [0.15, 0.2) is 60.8 Å². The van der Waals surface area contributed by atoms with Crippen molar-refractivity contribution in [3.05, 3.63) is 71.9 Å². The van der Waals surface area contributed by atoms with E-state index >= 15 is 0 Å². The van der Waals surface area contributed by atoms with Crippen LogP contribution in [0.4, 0.5) is 0 Å². The topological polar surface area (TPSA) is 77.7 Å². The number of carbonyl (C=O) groups excluding carboxylic acids is 2. The monoisotopic (exact) mass is 434 g/mol. The van der Waals surface area contributed by atoms with Gasteiger partial charge in [-0.15, -0.1) is 0 Å². The molecule has 7 nitrogen and oxygen atoms in total. The minimum Gasteiger partial charge on any atom is -0.383 e. The molecule has 1 amide bonds. The third-order valence-electron chi connectivity index (χ3n) is 5.99. The van der Waals surface area contributed by atoms with E-state index < -0.39 is 0 Å². The maximum atomic E-state index is 13.8. The number of hydrogen-bond donors (Lipinski definition) is 2. The molecule has 0 bridgehead atoms. The van der Waals surface area contributed by atoms with Gasteiger partial charge in [0.05, 0.1) is 19.2 Å². The van der Waals surface area contributed by atoms with Gasteiger partial charge in [0.25, 0.3) is 0 Å². The predicted octanol–water partition coefficient (Wildman–Crippen LogP) is 2.47. The van der Waals surface area contributed by atoms with Crippen molar-refractivity contribution in [1.82, 2.24) is 20.1 Å². The van der Waals surface area contributed by atoms with E-state index in [0.717, 1.165) is 48.2 Å². The van der Waals surface area contributed by atoms with Gasteiger partial charge in [0.1, 0.15) is 0 Å². The number of ketones is 1. The van der Waals surface area contributed by atoms with Crippen LogP contribution in [0.5, 0.6) is 0 Å². The summed E-state index contributed by atoms with van der Waals surface area (Å²) in [7, 11) is 1.62. The maximum absolute atomic E-state index is 13.8. The number of ether oxygens (including phenoxy) is 1. The van der Waals surface area contributed by atoms with E-state index in [-0.39, 0.29) is 17.7 Å². The summed E-state index contributed by atoms with van der Waals surface area (Å²) in [5.41, 5.74) is 2.68. The zero-order chi connectivity index (χ0) is 22.3. The second kappa shape index (κ2) is 10.5. The number of nitrogens with zero attached hydrogens (tertiary/aromatic N) is 2. The van der Waals surface area contributed by atoms with Gasteiger partial charge >= 0.3 is 0 Å². The SMILES string of the molecule is COCCNC(=O)CN1CCN([C@H](C(=O)c2c[nH]c3ccccc23)c2ccccc2)CC1. The lowest BCUT2D eigenvalue weighted by Gasteiger charge is -2.38. The average Bonchev–Trinajstić information content (AvgIpc) is 3.25. The molecule has 0 aliphatic carbocycles. The van der Waals surface area contributed by atoms with Gasteiger partial charge in [0.15, 0.2) is 5.78 Å². The fraction of sp³-hybridized carbons (Fsp3) is 0.360. The molecule has 7 heteroatoms. The highest BCUT2D eigenvalue weighted by Crippen LogP contribution is 2.29. The van der Waals surface area contributed by atoms with E-state index in [1.807, 2.05) is 60.8 Å². The van der Waals surface area contributed by atoms with Crippen LogP contribution in [0.2, 0.25) is 0 Å². The summed E-state index contributed by atoms with van der Waals surface area (Å²) in [6.45, 7) is 4.31. The first-order valence-corrected chi connectivity index (χ1v) is 11.0. The van der Waals surface area contributed by atoms with E-state index in [4.69, 9.17) is 4.74 Å². The van der Waals surface area contributed by atoms with Crippen LogP contribution in [0, 0.1) is 0 Å². The number of hydrogen-bond acceptors (Lipinski definition) is 5. The highest BCUT2D eigenvalue weighted by molar-refractivity contribution is 6.10. The zero-order valence-corrected chi connectivity index (χ0v) is 18.4. The summed E-state index contributed by atoms with van der Waals surface area (Å²) >= 11 is 0. The molecule has 0 spiro atoms. The molecule has 0 radical (unpaired) electrons. The van der Waals surface area contributed by atoms with Gasteiger partial charge in [0.2, 0.25) is 5.91 Å². The normalized spacial score (nSPS) is 16.2. The van der Waals surface area contributed by atoms with Gasteiger partial charge in [-0.25, -0.2) is 0 Å². The number of rotatable bonds is 9. The van der Waals surface area contributed by atoms with E-state index in [0.29, 0.717) is 19.7 Å². The third-order valence-corrected chi connectivity index (χ3v) is 5.99. The molecule has 1 fully saturated rings. The van der Waals surface area contributed by atoms with E-state index in [1.165, 1.54) is 0 Å². The first-order chi connectivity index (χ1) is 15.7. The Morgan fingerprint density at radius 2 is 1.75 bits per heavy atom. The number of fused-ring (bicyclic) bond motifs is 1. The lowest BCUT2D eigenvalue weighted by Crippen LogP contribution is -2.51. The summed E-state index contributed by atoms with van der Waals surface area (Å²) < 4.78 is 4.98. The number of H-pyrrole nitrogens is 1. The van der Waals surface area contributed by atoms with Crippen molar-refractivity contribution in [3.63, 3.8) is 0 Å². The van der Waals surface area contributed by atoms with E-state index in [9.17, 15) is 9.59 Å². The number of piperazine rings is 1. The van der Waals surface area contributed by atoms with Gasteiger partial charge < -0.3 is 15.0 Å². The van der Waals surface area contributed by atoms with Crippen LogP contribution >= 0.6 is 0 Å².